The number of carbonyl (C=O) groups excluding carboxylic acids is 2. The number of rotatable bonds is 3. The largest absolute Gasteiger partial charge is 0.381 e. The van der Waals surface area contributed by atoms with Crippen molar-refractivity contribution in [1.82, 2.24) is 4.90 Å². The van der Waals surface area contributed by atoms with Crippen molar-refractivity contribution >= 4 is 17.5 Å². The molecule has 2 heterocycles. The number of likely N-dealkylation sites (tertiary alicyclic amines) is 1. The molecule has 2 aliphatic heterocycles. The number of ether oxygens (including phenoxy) is 1. The molecule has 2 amide bonds. The fraction of sp³-hybridized carbons (Fsp3) is 0.364. The van der Waals surface area contributed by atoms with Gasteiger partial charge in [0.1, 0.15) is 5.82 Å². The van der Waals surface area contributed by atoms with E-state index in [4.69, 9.17) is 4.74 Å². The van der Waals surface area contributed by atoms with Crippen molar-refractivity contribution in [2.45, 2.75) is 12.8 Å². The number of nitrogens with zero attached hydrogens (tertiary/aromatic N) is 1. The molecule has 0 bridgehead atoms. The minimum atomic E-state index is -0.348. The molecule has 0 aromatic heterocycles. The van der Waals surface area contributed by atoms with Crippen LogP contribution in [0.3, 0.4) is 0 Å². The molecule has 1 unspecified atom stereocenters. The van der Waals surface area contributed by atoms with Gasteiger partial charge in [-0.3, -0.25) is 9.59 Å². The molecule has 146 valence electrons. The summed E-state index contributed by atoms with van der Waals surface area (Å²) in [5, 5.41) is 2.90. The summed E-state index contributed by atoms with van der Waals surface area (Å²) in [5.74, 6) is -0.853. The van der Waals surface area contributed by atoms with Crippen molar-refractivity contribution in [3.05, 3.63) is 66.0 Å². The van der Waals surface area contributed by atoms with Gasteiger partial charge in [0.15, 0.2) is 0 Å². The van der Waals surface area contributed by atoms with Crippen LogP contribution < -0.4 is 5.32 Å². The maximum absolute atomic E-state index is 13.1. The molecule has 2 aromatic rings. The molecule has 2 aromatic carbocycles. The molecule has 6 heteroatoms. The summed E-state index contributed by atoms with van der Waals surface area (Å²) in [6, 6.07) is 14.9. The minimum Gasteiger partial charge on any atom is -0.381 e. The summed E-state index contributed by atoms with van der Waals surface area (Å²) < 4.78 is 18.7. The monoisotopic (exact) mass is 382 g/mol. The molecule has 0 radical (unpaired) electrons. The van der Waals surface area contributed by atoms with Crippen molar-refractivity contribution in [2.75, 3.05) is 31.6 Å². The van der Waals surface area contributed by atoms with Gasteiger partial charge < -0.3 is 15.0 Å². The predicted octanol–water partition coefficient (Wildman–Crippen LogP) is 3.33. The van der Waals surface area contributed by atoms with Gasteiger partial charge in [-0.05, 0) is 49.2 Å². The van der Waals surface area contributed by atoms with E-state index in [2.05, 4.69) is 5.32 Å². The van der Waals surface area contributed by atoms with E-state index < -0.39 is 0 Å². The molecule has 5 nitrogen and oxygen atoms in total. The van der Waals surface area contributed by atoms with Crippen LogP contribution in [0, 0.1) is 17.2 Å². The number of amides is 2. The Kier molecular flexibility index (Phi) is 5.13. The highest BCUT2D eigenvalue weighted by Gasteiger charge is 2.51. The Morgan fingerprint density at radius 3 is 2.39 bits per heavy atom. The predicted molar refractivity (Wildman–Crippen MR) is 103 cm³/mol. The van der Waals surface area contributed by atoms with Crippen molar-refractivity contribution in [2.24, 2.45) is 11.3 Å². The lowest BCUT2D eigenvalue weighted by Crippen LogP contribution is -2.42. The lowest BCUT2D eigenvalue weighted by molar-refractivity contribution is -0.124. The van der Waals surface area contributed by atoms with E-state index in [1.54, 1.807) is 29.2 Å². The summed E-state index contributed by atoms with van der Waals surface area (Å²) in [5.41, 5.74) is 0.901. The number of halogens is 1. The van der Waals surface area contributed by atoms with Gasteiger partial charge in [0.05, 0.1) is 5.92 Å². The van der Waals surface area contributed by atoms with Gasteiger partial charge in [-0.25, -0.2) is 4.39 Å². The van der Waals surface area contributed by atoms with Gasteiger partial charge in [0.25, 0.3) is 5.91 Å². The second-order valence-electron chi connectivity index (χ2n) is 7.58. The summed E-state index contributed by atoms with van der Waals surface area (Å²) in [6.45, 7) is 2.10. The van der Waals surface area contributed by atoms with Crippen LogP contribution in [-0.4, -0.2) is 43.0 Å². The van der Waals surface area contributed by atoms with Crippen molar-refractivity contribution in [3.63, 3.8) is 0 Å². The fourth-order valence-electron chi connectivity index (χ4n) is 4.30. The van der Waals surface area contributed by atoms with Crippen LogP contribution >= 0.6 is 0 Å². The number of carbonyl (C=O) groups is 2. The zero-order valence-electron chi connectivity index (χ0n) is 15.6. The molecule has 2 saturated heterocycles. The molecule has 2 fully saturated rings. The van der Waals surface area contributed by atoms with Gasteiger partial charge in [-0.2, -0.15) is 0 Å². The van der Waals surface area contributed by atoms with E-state index in [1.165, 1.54) is 12.1 Å². The minimum absolute atomic E-state index is 0.0523. The van der Waals surface area contributed by atoms with Gasteiger partial charge >= 0.3 is 0 Å². The molecular formula is C22H23FN2O3. The maximum atomic E-state index is 13.1. The van der Waals surface area contributed by atoms with E-state index >= 15 is 0 Å². The van der Waals surface area contributed by atoms with Crippen molar-refractivity contribution < 1.29 is 18.7 Å². The Labute approximate surface area is 163 Å². The highest BCUT2D eigenvalue weighted by molar-refractivity contribution is 5.97. The summed E-state index contributed by atoms with van der Waals surface area (Å²) in [7, 11) is 0. The van der Waals surface area contributed by atoms with Crippen molar-refractivity contribution in [3.8, 4) is 0 Å². The highest BCUT2D eigenvalue weighted by Crippen LogP contribution is 2.45. The molecule has 0 saturated carbocycles. The first-order chi connectivity index (χ1) is 13.6. The van der Waals surface area contributed by atoms with Gasteiger partial charge in [0, 0.05) is 43.0 Å². The number of benzene rings is 2. The van der Waals surface area contributed by atoms with Gasteiger partial charge in [-0.1, -0.05) is 18.2 Å². The summed E-state index contributed by atoms with van der Waals surface area (Å²) >= 11 is 0. The van der Waals surface area contributed by atoms with Crippen molar-refractivity contribution in [1.29, 1.82) is 0 Å². The Morgan fingerprint density at radius 2 is 1.71 bits per heavy atom. The second kappa shape index (κ2) is 7.72. The number of hydrogen-bond acceptors (Lipinski definition) is 3. The SMILES string of the molecule is O=C(Nc1ccc(F)cc1)C1CN(C(=O)c2ccccc2)CC12CCOCC2. The van der Waals surface area contributed by atoms with Crippen LogP contribution in [0.4, 0.5) is 10.1 Å². The molecule has 1 spiro atoms. The summed E-state index contributed by atoms with van der Waals surface area (Å²) in [6.07, 6.45) is 1.49. The van der Waals surface area contributed by atoms with Crippen LogP contribution in [0.5, 0.6) is 0 Å². The zero-order chi connectivity index (χ0) is 19.6. The first-order valence-corrected chi connectivity index (χ1v) is 9.56. The Hall–Kier alpha value is -2.73. The van der Waals surface area contributed by atoms with E-state index in [0.29, 0.717) is 37.6 Å². The molecule has 1 atom stereocenters. The lowest BCUT2D eigenvalue weighted by Gasteiger charge is -2.37. The zero-order valence-corrected chi connectivity index (χ0v) is 15.6. The smallest absolute Gasteiger partial charge is 0.253 e. The van der Waals surface area contributed by atoms with E-state index in [9.17, 15) is 14.0 Å². The van der Waals surface area contributed by atoms with Crippen LogP contribution in [-0.2, 0) is 9.53 Å². The Morgan fingerprint density at radius 1 is 1.04 bits per heavy atom. The Balaban J connectivity index is 1.56. The van der Waals surface area contributed by atoms with E-state index in [-0.39, 0.29) is 29.0 Å². The maximum Gasteiger partial charge on any atom is 0.253 e. The molecule has 0 aliphatic carbocycles. The molecule has 1 N–H and O–H groups in total. The first kappa shape index (κ1) is 18.6. The average Bonchev–Trinajstić information content (AvgIpc) is 3.09. The lowest BCUT2D eigenvalue weighted by atomic mass is 9.71. The van der Waals surface area contributed by atoms with Crippen LogP contribution in [0.25, 0.3) is 0 Å². The second-order valence-corrected chi connectivity index (χ2v) is 7.58. The molecule has 2 aliphatic rings. The first-order valence-electron chi connectivity index (χ1n) is 9.56. The van der Waals surface area contributed by atoms with Gasteiger partial charge in [0.2, 0.25) is 5.91 Å². The van der Waals surface area contributed by atoms with E-state index in [0.717, 1.165) is 12.8 Å². The normalized spacial score (nSPS) is 20.9. The summed E-state index contributed by atoms with van der Waals surface area (Å²) in [4.78, 5) is 27.8. The van der Waals surface area contributed by atoms with E-state index in [1.807, 2.05) is 18.2 Å². The third kappa shape index (κ3) is 3.64. The van der Waals surface area contributed by atoms with Crippen LogP contribution in [0.15, 0.2) is 54.6 Å². The number of anilines is 1. The topological polar surface area (TPSA) is 58.6 Å². The highest BCUT2D eigenvalue weighted by atomic mass is 19.1. The third-order valence-corrected chi connectivity index (χ3v) is 5.87. The molecular weight excluding hydrogens is 359 g/mol. The fourth-order valence-corrected chi connectivity index (χ4v) is 4.30. The average molecular weight is 382 g/mol. The van der Waals surface area contributed by atoms with Crippen LogP contribution in [0.2, 0.25) is 0 Å². The standard InChI is InChI=1S/C22H23FN2O3/c23-17-6-8-18(9-7-17)24-20(26)19-14-25(15-22(19)10-12-28-13-11-22)21(27)16-4-2-1-3-5-16/h1-9,19H,10-15H2,(H,24,26). The molecule has 28 heavy (non-hydrogen) atoms. The third-order valence-electron chi connectivity index (χ3n) is 5.87. The number of nitrogens with one attached hydrogen (secondary N) is 1. The van der Waals surface area contributed by atoms with Gasteiger partial charge in [-0.15, -0.1) is 0 Å². The van der Waals surface area contributed by atoms with Crippen LogP contribution in [0.1, 0.15) is 23.2 Å². The quantitative estimate of drug-likeness (QED) is 0.886. The number of hydrogen-bond donors (Lipinski definition) is 1. The molecule has 4 rings (SSSR count). The Bertz CT molecular complexity index is 848.